The fourth-order valence-electron chi connectivity index (χ4n) is 2.63. The maximum atomic E-state index is 12.5. The van der Waals surface area contributed by atoms with Gasteiger partial charge in [0.25, 0.3) is 5.91 Å². The van der Waals surface area contributed by atoms with Crippen LogP contribution in [0.2, 0.25) is 5.02 Å². The van der Waals surface area contributed by atoms with Gasteiger partial charge < -0.3 is 14.8 Å². The highest BCUT2D eigenvalue weighted by molar-refractivity contribution is 6.30. The summed E-state index contributed by atoms with van der Waals surface area (Å²) in [7, 11) is 1.53. The molecule has 0 saturated carbocycles. The quantitative estimate of drug-likeness (QED) is 0.494. The minimum atomic E-state index is -0.859. The van der Waals surface area contributed by atoms with E-state index in [1.165, 1.54) is 7.11 Å². The van der Waals surface area contributed by atoms with Crippen molar-refractivity contribution in [1.82, 2.24) is 5.32 Å². The van der Waals surface area contributed by atoms with Crippen molar-refractivity contribution in [3.8, 4) is 5.75 Å². The Balaban J connectivity index is 1.99. The lowest BCUT2D eigenvalue weighted by Crippen LogP contribution is -2.43. The molecule has 0 aliphatic heterocycles. The van der Waals surface area contributed by atoms with Gasteiger partial charge in [0.1, 0.15) is 11.8 Å². The van der Waals surface area contributed by atoms with E-state index in [-0.39, 0.29) is 11.7 Å². The third-order valence-corrected chi connectivity index (χ3v) is 4.41. The zero-order valence-corrected chi connectivity index (χ0v) is 17.4. The summed E-state index contributed by atoms with van der Waals surface area (Å²) in [4.78, 5) is 37.2. The van der Waals surface area contributed by atoms with Crippen molar-refractivity contribution < 1.29 is 23.9 Å². The standard InChI is InChI=1S/C22H24ClNO5/c1-14(2)12-19(24-21(26)16-4-8-17(23)9-5-16)22(27)29-13-20(25)15-6-10-18(28-3)11-7-15/h4-11,14,19H,12-13H2,1-3H3,(H,24,26)/t19-/m1/s1. The molecule has 154 valence electrons. The highest BCUT2D eigenvalue weighted by Gasteiger charge is 2.25. The van der Waals surface area contributed by atoms with Crippen molar-refractivity contribution >= 4 is 29.3 Å². The number of hydrogen-bond acceptors (Lipinski definition) is 5. The number of carbonyl (C=O) groups excluding carboxylic acids is 3. The Hall–Kier alpha value is -2.86. The van der Waals surface area contributed by atoms with Crippen molar-refractivity contribution in [1.29, 1.82) is 0 Å². The molecule has 0 bridgehead atoms. The molecule has 29 heavy (non-hydrogen) atoms. The van der Waals surface area contributed by atoms with Crippen molar-refractivity contribution in [3.63, 3.8) is 0 Å². The van der Waals surface area contributed by atoms with E-state index in [0.29, 0.717) is 28.3 Å². The molecule has 1 amide bonds. The predicted octanol–water partition coefficient (Wildman–Crippen LogP) is 3.92. The molecule has 1 atom stereocenters. The molecule has 0 saturated heterocycles. The summed E-state index contributed by atoms with van der Waals surface area (Å²) in [6.07, 6.45) is 0.384. The molecule has 0 aromatic heterocycles. The van der Waals surface area contributed by atoms with Crippen LogP contribution in [0.1, 0.15) is 41.0 Å². The van der Waals surface area contributed by atoms with Crippen LogP contribution >= 0.6 is 11.6 Å². The number of ketones is 1. The number of benzene rings is 2. The van der Waals surface area contributed by atoms with Crippen LogP contribution in [-0.4, -0.2) is 37.4 Å². The molecule has 0 spiro atoms. The lowest BCUT2D eigenvalue weighted by atomic mass is 10.0. The number of esters is 1. The monoisotopic (exact) mass is 417 g/mol. The fourth-order valence-corrected chi connectivity index (χ4v) is 2.75. The molecule has 0 radical (unpaired) electrons. The number of Topliss-reactive ketones (excluding diaryl/α,β-unsaturated/α-hetero) is 1. The molecule has 7 heteroatoms. The molecule has 2 rings (SSSR count). The Bertz CT molecular complexity index is 847. The maximum Gasteiger partial charge on any atom is 0.329 e. The number of halogens is 1. The van der Waals surface area contributed by atoms with E-state index in [2.05, 4.69) is 5.32 Å². The topological polar surface area (TPSA) is 81.7 Å². The average Bonchev–Trinajstić information content (AvgIpc) is 2.71. The molecule has 0 unspecified atom stereocenters. The van der Waals surface area contributed by atoms with Crippen molar-refractivity contribution in [2.24, 2.45) is 5.92 Å². The Morgan fingerprint density at radius 3 is 2.10 bits per heavy atom. The summed E-state index contributed by atoms with van der Waals surface area (Å²) in [5.41, 5.74) is 0.787. The highest BCUT2D eigenvalue weighted by atomic mass is 35.5. The van der Waals surface area contributed by atoms with Crippen LogP contribution in [0.4, 0.5) is 0 Å². The van der Waals surface area contributed by atoms with Gasteiger partial charge >= 0.3 is 5.97 Å². The first-order valence-electron chi connectivity index (χ1n) is 9.20. The summed E-state index contributed by atoms with van der Waals surface area (Å²) >= 11 is 5.83. The predicted molar refractivity (Wildman–Crippen MR) is 110 cm³/mol. The van der Waals surface area contributed by atoms with Crippen molar-refractivity contribution in [2.45, 2.75) is 26.3 Å². The minimum Gasteiger partial charge on any atom is -0.497 e. The fraction of sp³-hybridized carbons (Fsp3) is 0.318. The molecule has 0 aliphatic carbocycles. The molecule has 0 heterocycles. The zero-order chi connectivity index (χ0) is 21.4. The second-order valence-electron chi connectivity index (χ2n) is 6.92. The number of ether oxygens (including phenoxy) is 2. The molecular weight excluding hydrogens is 394 g/mol. The number of hydrogen-bond donors (Lipinski definition) is 1. The smallest absolute Gasteiger partial charge is 0.329 e. The van der Waals surface area contributed by atoms with Gasteiger partial charge in [0, 0.05) is 16.1 Å². The normalized spacial score (nSPS) is 11.6. The zero-order valence-electron chi connectivity index (χ0n) is 16.6. The molecule has 1 N–H and O–H groups in total. The lowest BCUT2D eigenvalue weighted by Gasteiger charge is -2.19. The van der Waals surface area contributed by atoms with Gasteiger partial charge in [0.05, 0.1) is 7.11 Å². The lowest BCUT2D eigenvalue weighted by molar-refractivity contribution is -0.145. The van der Waals surface area contributed by atoms with Crippen LogP contribution in [0.25, 0.3) is 0 Å². The van der Waals surface area contributed by atoms with Gasteiger partial charge in [-0.1, -0.05) is 25.4 Å². The van der Waals surface area contributed by atoms with Gasteiger partial charge in [-0.3, -0.25) is 9.59 Å². The molecule has 2 aromatic rings. The van der Waals surface area contributed by atoms with E-state index in [1.807, 2.05) is 13.8 Å². The van der Waals surface area contributed by atoms with Crippen molar-refractivity contribution in [3.05, 3.63) is 64.7 Å². The van der Waals surface area contributed by atoms with Crippen LogP contribution < -0.4 is 10.1 Å². The van der Waals surface area contributed by atoms with Crippen LogP contribution in [0, 0.1) is 5.92 Å². The van der Waals surface area contributed by atoms with E-state index in [4.69, 9.17) is 21.1 Å². The second kappa shape index (κ2) is 10.6. The van der Waals surface area contributed by atoms with Gasteiger partial charge in [0.15, 0.2) is 12.4 Å². The molecule has 6 nitrogen and oxygen atoms in total. The van der Waals surface area contributed by atoms with Gasteiger partial charge in [-0.05, 0) is 60.9 Å². The Morgan fingerprint density at radius 2 is 1.55 bits per heavy atom. The summed E-state index contributed by atoms with van der Waals surface area (Å²) in [5, 5.41) is 3.19. The Labute approximate surface area is 175 Å². The van der Waals surface area contributed by atoms with Gasteiger partial charge in [0.2, 0.25) is 0 Å². The SMILES string of the molecule is COc1ccc(C(=O)COC(=O)[C@@H](CC(C)C)NC(=O)c2ccc(Cl)cc2)cc1. The third kappa shape index (κ3) is 6.91. The van der Waals surface area contributed by atoms with Crippen LogP contribution in [0.5, 0.6) is 5.75 Å². The van der Waals surface area contributed by atoms with E-state index in [1.54, 1.807) is 48.5 Å². The third-order valence-electron chi connectivity index (χ3n) is 4.16. The first-order valence-corrected chi connectivity index (χ1v) is 9.58. The van der Waals surface area contributed by atoms with E-state index < -0.39 is 24.5 Å². The molecule has 2 aromatic carbocycles. The van der Waals surface area contributed by atoms with Crippen LogP contribution in [0.15, 0.2) is 48.5 Å². The maximum absolute atomic E-state index is 12.5. The van der Waals surface area contributed by atoms with Gasteiger partial charge in [-0.25, -0.2) is 4.79 Å². The first kappa shape index (κ1) is 22.4. The summed E-state index contributed by atoms with van der Waals surface area (Å²) in [5.74, 6) is -0.641. The molecule has 0 aliphatic rings. The van der Waals surface area contributed by atoms with Crippen molar-refractivity contribution in [2.75, 3.05) is 13.7 Å². The van der Waals surface area contributed by atoms with E-state index in [9.17, 15) is 14.4 Å². The average molecular weight is 418 g/mol. The van der Waals surface area contributed by atoms with Gasteiger partial charge in [-0.15, -0.1) is 0 Å². The van der Waals surface area contributed by atoms with Crippen LogP contribution in [-0.2, 0) is 9.53 Å². The number of nitrogens with one attached hydrogen (secondary N) is 1. The Morgan fingerprint density at radius 1 is 0.966 bits per heavy atom. The largest absolute Gasteiger partial charge is 0.497 e. The Kier molecular flexibility index (Phi) is 8.21. The molecule has 0 fully saturated rings. The highest BCUT2D eigenvalue weighted by Crippen LogP contribution is 2.13. The summed E-state index contributed by atoms with van der Waals surface area (Å²) < 4.78 is 10.2. The summed E-state index contributed by atoms with van der Waals surface area (Å²) in [6, 6.07) is 12.0. The number of amides is 1. The number of methoxy groups -OCH3 is 1. The van der Waals surface area contributed by atoms with E-state index in [0.717, 1.165) is 0 Å². The van der Waals surface area contributed by atoms with Gasteiger partial charge in [-0.2, -0.15) is 0 Å². The number of carbonyl (C=O) groups is 3. The first-order chi connectivity index (χ1) is 13.8. The summed E-state index contributed by atoms with van der Waals surface area (Å²) in [6.45, 7) is 3.45. The van der Waals surface area contributed by atoms with E-state index >= 15 is 0 Å². The minimum absolute atomic E-state index is 0.135. The number of rotatable bonds is 9. The second-order valence-corrected chi connectivity index (χ2v) is 7.36. The van der Waals surface area contributed by atoms with Crippen LogP contribution in [0.3, 0.4) is 0 Å². The molecular formula is C22H24ClNO5.